The van der Waals surface area contributed by atoms with E-state index in [4.69, 9.17) is 0 Å². The van der Waals surface area contributed by atoms with Crippen molar-refractivity contribution in [2.45, 2.75) is 6.42 Å². The molecule has 0 unspecified atom stereocenters. The van der Waals surface area contributed by atoms with Gasteiger partial charge in [-0.05, 0) is 6.07 Å². The summed E-state index contributed by atoms with van der Waals surface area (Å²) in [7, 11) is 1.89. The highest BCUT2D eigenvalue weighted by molar-refractivity contribution is 5.48. The van der Waals surface area contributed by atoms with Crippen LogP contribution in [0.25, 0.3) is 5.65 Å². The summed E-state index contributed by atoms with van der Waals surface area (Å²) in [4.78, 5) is 15.4. The lowest BCUT2D eigenvalue weighted by Gasteiger charge is -2.03. The largest absolute Gasteiger partial charge is 0.370 e. The highest BCUT2D eigenvalue weighted by atomic mass is 16.1. The van der Waals surface area contributed by atoms with Crippen molar-refractivity contribution in [1.29, 1.82) is 0 Å². The normalized spacial score (nSPS) is 11.0. The van der Waals surface area contributed by atoms with Crippen molar-refractivity contribution >= 4 is 11.5 Å². The van der Waals surface area contributed by atoms with Gasteiger partial charge in [0.25, 0.3) is 0 Å². The van der Waals surface area contributed by atoms with Crippen LogP contribution < -0.4 is 11.0 Å². The molecule has 3 rings (SSSR count). The van der Waals surface area contributed by atoms with Gasteiger partial charge in [-0.3, -0.25) is 4.68 Å². The maximum atomic E-state index is 11.3. The molecule has 0 fully saturated rings. The molecule has 0 saturated heterocycles. The molecule has 3 aromatic heterocycles. The average molecular weight is 259 g/mol. The van der Waals surface area contributed by atoms with E-state index in [1.807, 2.05) is 19.3 Å². The minimum Gasteiger partial charge on any atom is -0.370 e. The molecular formula is C11H13N7O. The SMILES string of the molecule is Cn1ccc(CCNc2cc3n[nH]c(=O)n3cn2)n1. The lowest BCUT2D eigenvalue weighted by Crippen LogP contribution is -2.11. The first-order valence-corrected chi connectivity index (χ1v) is 5.87. The maximum absolute atomic E-state index is 11.3. The number of nitrogens with one attached hydrogen (secondary N) is 2. The van der Waals surface area contributed by atoms with Crippen molar-refractivity contribution in [3.05, 3.63) is 40.8 Å². The van der Waals surface area contributed by atoms with E-state index in [0.717, 1.165) is 18.7 Å². The van der Waals surface area contributed by atoms with E-state index in [0.29, 0.717) is 11.5 Å². The number of hydrogen-bond donors (Lipinski definition) is 2. The van der Waals surface area contributed by atoms with E-state index in [-0.39, 0.29) is 5.69 Å². The number of aromatic nitrogens is 6. The Labute approximate surface area is 108 Å². The van der Waals surface area contributed by atoms with Gasteiger partial charge >= 0.3 is 5.69 Å². The Morgan fingerprint density at radius 1 is 1.47 bits per heavy atom. The molecule has 0 saturated carbocycles. The van der Waals surface area contributed by atoms with Crippen molar-refractivity contribution in [2.75, 3.05) is 11.9 Å². The van der Waals surface area contributed by atoms with Gasteiger partial charge in [-0.1, -0.05) is 0 Å². The summed E-state index contributed by atoms with van der Waals surface area (Å²) in [5.41, 5.74) is 1.27. The third-order valence-corrected chi connectivity index (χ3v) is 2.77. The van der Waals surface area contributed by atoms with E-state index >= 15 is 0 Å². The first-order valence-electron chi connectivity index (χ1n) is 5.87. The van der Waals surface area contributed by atoms with Gasteiger partial charge in [0.1, 0.15) is 12.1 Å². The third kappa shape index (κ3) is 2.32. The van der Waals surface area contributed by atoms with Crippen LogP contribution >= 0.6 is 0 Å². The maximum Gasteiger partial charge on any atom is 0.348 e. The molecule has 8 heteroatoms. The van der Waals surface area contributed by atoms with E-state index < -0.39 is 0 Å². The van der Waals surface area contributed by atoms with Gasteiger partial charge in [-0.15, -0.1) is 0 Å². The quantitative estimate of drug-likeness (QED) is 0.677. The van der Waals surface area contributed by atoms with Crippen molar-refractivity contribution in [2.24, 2.45) is 7.05 Å². The van der Waals surface area contributed by atoms with Crippen LogP contribution in [-0.4, -0.2) is 35.9 Å². The molecule has 2 N–H and O–H groups in total. The second kappa shape index (κ2) is 4.56. The van der Waals surface area contributed by atoms with Gasteiger partial charge in [-0.25, -0.2) is 19.3 Å². The molecule has 3 aromatic rings. The highest BCUT2D eigenvalue weighted by Crippen LogP contribution is 2.04. The van der Waals surface area contributed by atoms with Crippen LogP contribution in [0.5, 0.6) is 0 Å². The standard InChI is InChI=1S/C11H13N7O/c1-17-5-3-8(16-17)2-4-12-9-6-10-14-15-11(19)18(10)7-13-9/h3,5-7,12H,2,4H2,1H3,(H,15,19). The number of nitrogens with zero attached hydrogens (tertiary/aromatic N) is 5. The topological polar surface area (TPSA) is 92.9 Å². The number of fused-ring (bicyclic) bond motifs is 1. The van der Waals surface area contributed by atoms with E-state index in [1.54, 1.807) is 10.7 Å². The minimum atomic E-state index is -0.289. The summed E-state index contributed by atoms with van der Waals surface area (Å²) < 4.78 is 3.12. The summed E-state index contributed by atoms with van der Waals surface area (Å²) in [6.07, 6.45) is 4.17. The second-order valence-corrected chi connectivity index (χ2v) is 4.19. The first-order chi connectivity index (χ1) is 9.22. The summed E-state index contributed by atoms with van der Waals surface area (Å²) in [6, 6.07) is 3.70. The third-order valence-electron chi connectivity index (χ3n) is 2.77. The van der Waals surface area contributed by atoms with Crippen LogP contribution in [0.3, 0.4) is 0 Å². The Morgan fingerprint density at radius 3 is 3.16 bits per heavy atom. The molecule has 0 bridgehead atoms. The van der Waals surface area contributed by atoms with E-state index in [9.17, 15) is 4.79 Å². The molecule has 0 atom stereocenters. The summed E-state index contributed by atoms with van der Waals surface area (Å²) >= 11 is 0. The Balaban J connectivity index is 1.66. The Kier molecular flexibility index (Phi) is 2.75. The molecule has 0 amide bonds. The molecule has 0 aliphatic heterocycles. The van der Waals surface area contributed by atoms with Crippen LogP contribution in [0.2, 0.25) is 0 Å². The zero-order valence-corrected chi connectivity index (χ0v) is 10.4. The number of aromatic amines is 1. The van der Waals surface area contributed by atoms with Gasteiger partial charge in [0.15, 0.2) is 5.65 Å². The lowest BCUT2D eigenvalue weighted by molar-refractivity contribution is 0.742. The second-order valence-electron chi connectivity index (χ2n) is 4.19. The number of aryl methyl sites for hydroxylation is 1. The zero-order chi connectivity index (χ0) is 13.2. The Hall–Kier alpha value is -2.64. The van der Waals surface area contributed by atoms with Crippen LogP contribution in [0.15, 0.2) is 29.5 Å². The monoisotopic (exact) mass is 259 g/mol. The zero-order valence-electron chi connectivity index (χ0n) is 10.4. The van der Waals surface area contributed by atoms with Gasteiger partial charge in [0, 0.05) is 32.3 Å². The van der Waals surface area contributed by atoms with Crippen molar-refractivity contribution < 1.29 is 0 Å². The molecule has 0 spiro atoms. The summed E-state index contributed by atoms with van der Waals surface area (Å²) in [5.74, 6) is 0.683. The van der Waals surface area contributed by atoms with Crippen LogP contribution in [0, 0.1) is 0 Å². The van der Waals surface area contributed by atoms with Crippen LogP contribution in [0.4, 0.5) is 5.82 Å². The number of anilines is 1. The fourth-order valence-electron chi connectivity index (χ4n) is 1.82. The molecule has 0 aliphatic rings. The fourth-order valence-corrected chi connectivity index (χ4v) is 1.82. The first kappa shape index (κ1) is 11.5. The van der Waals surface area contributed by atoms with Crippen molar-refractivity contribution in [1.82, 2.24) is 29.4 Å². The van der Waals surface area contributed by atoms with Crippen LogP contribution in [0.1, 0.15) is 5.69 Å². The molecule has 98 valence electrons. The molecule has 19 heavy (non-hydrogen) atoms. The van der Waals surface area contributed by atoms with E-state index in [1.165, 1.54) is 10.7 Å². The fraction of sp³-hybridized carbons (Fsp3) is 0.273. The van der Waals surface area contributed by atoms with Gasteiger partial charge in [0.05, 0.1) is 5.69 Å². The summed E-state index contributed by atoms with van der Waals surface area (Å²) in [5, 5.41) is 13.7. The molecule has 0 aromatic carbocycles. The number of rotatable bonds is 4. The van der Waals surface area contributed by atoms with Gasteiger partial charge in [-0.2, -0.15) is 10.2 Å². The smallest absolute Gasteiger partial charge is 0.348 e. The molecule has 8 nitrogen and oxygen atoms in total. The lowest BCUT2D eigenvalue weighted by atomic mass is 10.3. The predicted octanol–water partition coefficient (Wildman–Crippen LogP) is -0.194. The van der Waals surface area contributed by atoms with Gasteiger partial charge in [0.2, 0.25) is 0 Å². The van der Waals surface area contributed by atoms with E-state index in [2.05, 4.69) is 25.6 Å². The highest BCUT2D eigenvalue weighted by Gasteiger charge is 2.02. The van der Waals surface area contributed by atoms with Crippen LogP contribution in [-0.2, 0) is 13.5 Å². The van der Waals surface area contributed by atoms with Gasteiger partial charge < -0.3 is 5.32 Å². The molecule has 3 heterocycles. The minimum absolute atomic E-state index is 0.289. The molecule has 0 aliphatic carbocycles. The Morgan fingerprint density at radius 2 is 2.37 bits per heavy atom. The Bertz CT molecular complexity index is 754. The predicted molar refractivity (Wildman–Crippen MR) is 69.0 cm³/mol. The molecule has 0 radical (unpaired) electrons. The summed E-state index contributed by atoms with van der Waals surface area (Å²) in [6.45, 7) is 0.717. The average Bonchev–Trinajstić information content (AvgIpc) is 2.97. The number of hydrogen-bond acceptors (Lipinski definition) is 5. The number of H-pyrrole nitrogens is 1. The van der Waals surface area contributed by atoms with Crippen molar-refractivity contribution in [3.63, 3.8) is 0 Å². The van der Waals surface area contributed by atoms with Crippen molar-refractivity contribution in [3.8, 4) is 0 Å². The molecular weight excluding hydrogens is 246 g/mol.